The van der Waals surface area contributed by atoms with Crippen molar-refractivity contribution in [3.63, 3.8) is 0 Å². The maximum atomic E-state index is 12.5. The summed E-state index contributed by atoms with van der Waals surface area (Å²) >= 11 is 5.12. The zero-order valence-corrected chi connectivity index (χ0v) is 15.8. The molecule has 0 aliphatic carbocycles. The molecule has 2 aromatic carbocycles. The smallest absolute Gasteiger partial charge is 0.247 e. The molecule has 0 saturated carbocycles. The van der Waals surface area contributed by atoms with Gasteiger partial charge in [0, 0.05) is 17.4 Å². The Morgan fingerprint density at radius 3 is 2.44 bits per heavy atom. The largest absolute Gasteiger partial charge is 0.360 e. The van der Waals surface area contributed by atoms with E-state index in [1.54, 1.807) is 24.3 Å². The average molecular weight is 382 g/mol. The van der Waals surface area contributed by atoms with Gasteiger partial charge < -0.3 is 21.3 Å². The summed E-state index contributed by atoms with van der Waals surface area (Å²) in [5, 5.41) is 12.3. The Hall–Kier alpha value is -2.93. The van der Waals surface area contributed by atoms with Crippen LogP contribution in [0.25, 0.3) is 0 Å². The van der Waals surface area contributed by atoms with Crippen LogP contribution in [0.5, 0.6) is 0 Å². The molecule has 1 aliphatic rings. The summed E-state index contributed by atoms with van der Waals surface area (Å²) in [7, 11) is 0. The summed E-state index contributed by atoms with van der Waals surface area (Å²) in [5.41, 5.74) is 2.20. The SMILES string of the molecule is CC1CC(C(=O)Nc2cccc(NC(=O)Cc3ccccc3)c2)NC(=S)N1. The Morgan fingerprint density at radius 1 is 1.04 bits per heavy atom. The zero-order valence-electron chi connectivity index (χ0n) is 15.0. The highest BCUT2D eigenvalue weighted by Crippen LogP contribution is 2.17. The molecule has 2 aromatic rings. The lowest BCUT2D eigenvalue weighted by atomic mass is 10.1. The van der Waals surface area contributed by atoms with E-state index in [4.69, 9.17) is 12.2 Å². The Labute approximate surface area is 163 Å². The van der Waals surface area contributed by atoms with Crippen molar-refractivity contribution in [2.24, 2.45) is 0 Å². The molecule has 1 aliphatic heterocycles. The number of thiocarbonyl (C=S) groups is 1. The van der Waals surface area contributed by atoms with Gasteiger partial charge >= 0.3 is 0 Å². The third-order valence-electron chi connectivity index (χ3n) is 4.21. The Kier molecular flexibility index (Phi) is 6.03. The third-order valence-corrected chi connectivity index (χ3v) is 4.45. The molecular weight excluding hydrogens is 360 g/mol. The second-order valence-corrected chi connectivity index (χ2v) is 7.00. The highest BCUT2D eigenvalue weighted by atomic mass is 32.1. The summed E-state index contributed by atoms with van der Waals surface area (Å²) < 4.78 is 0. The van der Waals surface area contributed by atoms with Crippen LogP contribution in [0.15, 0.2) is 54.6 Å². The molecule has 3 rings (SSSR count). The number of nitrogens with one attached hydrogen (secondary N) is 4. The first kappa shape index (κ1) is 18.8. The van der Waals surface area contributed by atoms with Crippen LogP contribution in [0, 0.1) is 0 Å². The van der Waals surface area contributed by atoms with Gasteiger partial charge in [0.15, 0.2) is 5.11 Å². The van der Waals surface area contributed by atoms with E-state index >= 15 is 0 Å². The molecule has 2 unspecified atom stereocenters. The van der Waals surface area contributed by atoms with Crippen molar-refractivity contribution in [2.45, 2.75) is 31.8 Å². The lowest BCUT2D eigenvalue weighted by molar-refractivity contribution is -0.118. The molecule has 2 atom stereocenters. The van der Waals surface area contributed by atoms with Crippen LogP contribution in [-0.4, -0.2) is 29.0 Å². The molecule has 7 heteroatoms. The lowest BCUT2D eigenvalue weighted by Gasteiger charge is -2.30. The third kappa shape index (κ3) is 5.52. The van der Waals surface area contributed by atoms with E-state index in [2.05, 4.69) is 21.3 Å². The van der Waals surface area contributed by atoms with Gasteiger partial charge in [0.2, 0.25) is 11.8 Å². The number of amides is 2. The van der Waals surface area contributed by atoms with Gasteiger partial charge in [0.05, 0.1) is 6.42 Å². The van der Waals surface area contributed by atoms with Crippen molar-refractivity contribution >= 4 is 40.5 Å². The van der Waals surface area contributed by atoms with E-state index in [0.717, 1.165) is 5.56 Å². The molecule has 4 N–H and O–H groups in total. The second kappa shape index (κ2) is 8.64. The number of anilines is 2. The number of carbonyl (C=O) groups excluding carboxylic acids is 2. The van der Waals surface area contributed by atoms with Crippen molar-refractivity contribution in [1.82, 2.24) is 10.6 Å². The summed E-state index contributed by atoms with van der Waals surface area (Å²) in [5.74, 6) is -0.262. The van der Waals surface area contributed by atoms with Crippen molar-refractivity contribution in [3.05, 3.63) is 60.2 Å². The van der Waals surface area contributed by atoms with E-state index < -0.39 is 0 Å². The van der Waals surface area contributed by atoms with Crippen molar-refractivity contribution in [1.29, 1.82) is 0 Å². The minimum absolute atomic E-state index is 0.108. The molecule has 1 heterocycles. The highest BCUT2D eigenvalue weighted by Gasteiger charge is 2.26. The summed E-state index contributed by atoms with van der Waals surface area (Å²) in [6.07, 6.45) is 0.936. The van der Waals surface area contributed by atoms with Crippen molar-refractivity contribution < 1.29 is 9.59 Å². The molecule has 0 bridgehead atoms. The first-order valence-electron chi connectivity index (χ1n) is 8.81. The Morgan fingerprint density at radius 2 is 1.74 bits per heavy atom. The summed E-state index contributed by atoms with van der Waals surface area (Å²) in [6, 6.07) is 16.4. The van der Waals surface area contributed by atoms with Gasteiger partial charge in [-0.3, -0.25) is 9.59 Å². The van der Waals surface area contributed by atoms with Gasteiger partial charge in [-0.25, -0.2) is 0 Å². The van der Waals surface area contributed by atoms with Gasteiger partial charge in [0.25, 0.3) is 0 Å². The first-order valence-corrected chi connectivity index (χ1v) is 9.22. The molecular formula is C20H22N4O2S. The predicted octanol–water partition coefficient (Wildman–Crippen LogP) is 2.43. The maximum Gasteiger partial charge on any atom is 0.247 e. The number of rotatable bonds is 5. The molecule has 1 fully saturated rings. The van der Waals surface area contributed by atoms with E-state index in [1.165, 1.54) is 0 Å². The molecule has 2 amide bonds. The van der Waals surface area contributed by atoms with Crippen LogP contribution >= 0.6 is 12.2 Å². The Bertz CT molecular complexity index is 841. The van der Waals surface area contributed by atoms with Crippen LogP contribution in [0.1, 0.15) is 18.9 Å². The van der Waals surface area contributed by atoms with E-state index in [-0.39, 0.29) is 23.9 Å². The summed E-state index contributed by atoms with van der Waals surface area (Å²) in [6.45, 7) is 1.98. The van der Waals surface area contributed by atoms with Gasteiger partial charge in [-0.2, -0.15) is 0 Å². The van der Waals surface area contributed by atoms with Crippen LogP contribution in [0.2, 0.25) is 0 Å². The molecule has 1 saturated heterocycles. The topological polar surface area (TPSA) is 82.3 Å². The molecule has 27 heavy (non-hydrogen) atoms. The molecule has 0 spiro atoms. The normalized spacial score (nSPS) is 18.8. The van der Waals surface area contributed by atoms with Crippen LogP contribution in [0.3, 0.4) is 0 Å². The van der Waals surface area contributed by atoms with Crippen LogP contribution < -0.4 is 21.3 Å². The number of hydrogen-bond donors (Lipinski definition) is 4. The fraction of sp³-hybridized carbons (Fsp3) is 0.250. The first-order chi connectivity index (χ1) is 13.0. The van der Waals surface area contributed by atoms with Gasteiger partial charge in [-0.15, -0.1) is 0 Å². The number of hydrogen-bond acceptors (Lipinski definition) is 3. The van der Waals surface area contributed by atoms with Crippen molar-refractivity contribution in [3.8, 4) is 0 Å². The number of carbonyl (C=O) groups is 2. The molecule has 0 aromatic heterocycles. The van der Waals surface area contributed by atoms with Crippen LogP contribution in [0.4, 0.5) is 11.4 Å². The molecule has 0 radical (unpaired) electrons. The zero-order chi connectivity index (χ0) is 19.2. The minimum Gasteiger partial charge on any atom is -0.360 e. The van der Waals surface area contributed by atoms with Gasteiger partial charge in [-0.05, 0) is 49.3 Å². The quantitative estimate of drug-likeness (QED) is 0.597. The fourth-order valence-electron chi connectivity index (χ4n) is 2.96. The summed E-state index contributed by atoms with van der Waals surface area (Å²) in [4.78, 5) is 24.7. The average Bonchev–Trinajstić information content (AvgIpc) is 2.62. The second-order valence-electron chi connectivity index (χ2n) is 6.59. The minimum atomic E-state index is -0.384. The number of benzene rings is 2. The maximum absolute atomic E-state index is 12.5. The standard InChI is InChI=1S/C20H22N4O2S/c1-13-10-17(24-20(27)21-13)19(26)23-16-9-5-8-15(12-16)22-18(25)11-14-6-3-2-4-7-14/h2-9,12-13,17H,10-11H2,1H3,(H,22,25)(H,23,26)(H2,21,24,27). The van der Waals surface area contributed by atoms with E-state index in [1.807, 2.05) is 37.3 Å². The lowest BCUT2D eigenvalue weighted by Crippen LogP contribution is -2.57. The van der Waals surface area contributed by atoms with Crippen LogP contribution in [-0.2, 0) is 16.0 Å². The van der Waals surface area contributed by atoms with E-state index in [0.29, 0.717) is 29.3 Å². The molecule has 140 valence electrons. The van der Waals surface area contributed by atoms with Crippen molar-refractivity contribution in [2.75, 3.05) is 10.6 Å². The predicted molar refractivity (Wildman–Crippen MR) is 111 cm³/mol. The monoisotopic (exact) mass is 382 g/mol. The van der Waals surface area contributed by atoms with Gasteiger partial charge in [-0.1, -0.05) is 36.4 Å². The molecule has 6 nitrogen and oxygen atoms in total. The van der Waals surface area contributed by atoms with Gasteiger partial charge in [0.1, 0.15) is 6.04 Å². The van der Waals surface area contributed by atoms with E-state index in [9.17, 15) is 9.59 Å². The highest BCUT2D eigenvalue weighted by molar-refractivity contribution is 7.80. The Balaban J connectivity index is 1.59. The fourth-order valence-corrected chi connectivity index (χ4v) is 3.30.